The van der Waals surface area contributed by atoms with Crippen LogP contribution in [-0.2, 0) is 10.5 Å². The minimum Gasteiger partial charge on any atom is -0.301 e. The molecule has 0 unspecified atom stereocenters. The largest absolute Gasteiger partial charge is 0.301 e. The van der Waals surface area contributed by atoms with E-state index in [1.807, 2.05) is 25.1 Å². The topological polar surface area (TPSA) is 54.9 Å². The quantitative estimate of drug-likeness (QED) is 0.854. The van der Waals surface area contributed by atoms with Crippen LogP contribution in [0.4, 0.5) is 5.13 Å². The van der Waals surface area contributed by atoms with Gasteiger partial charge in [0, 0.05) is 11.3 Å². The molecule has 1 N–H and O–H groups in total. The summed E-state index contributed by atoms with van der Waals surface area (Å²) in [5.74, 6) is 0.734. The summed E-state index contributed by atoms with van der Waals surface area (Å²) in [4.78, 5) is 12.4. The van der Waals surface area contributed by atoms with Crippen LogP contribution in [0.5, 0.6) is 0 Å². The molecular formula is C12H13N3OS2. The van der Waals surface area contributed by atoms with Gasteiger partial charge >= 0.3 is 0 Å². The Bertz CT molecular complexity index is 513. The minimum absolute atomic E-state index is 0.0339. The summed E-state index contributed by atoms with van der Waals surface area (Å²) in [5.41, 5.74) is 0. The molecule has 0 saturated carbocycles. The van der Waals surface area contributed by atoms with Crippen LogP contribution in [0.1, 0.15) is 18.4 Å². The van der Waals surface area contributed by atoms with Crippen molar-refractivity contribution in [3.8, 4) is 0 Å². The van der Waals surface area contributed by atoms with E-state index in [1.54, 1.807) is 11.8 Å². The fourth-order valence-corrected chi connectivity index (χ4v) is 2.89. The highest BCUT2D eigenvalue weighted by Crippen LogP contribution is 2.25. The molecule has 18 heavy (non-hydrogen) atoms. The molecule has 94 valence electrons. The molecule has 0 aliphatic carbocycles. The van der Waals surface area contributed by atoms with Crippen molar-refractivity contribution in [1.29, 1.82) is 0 Å². The average molecular weight is 279 g/mol. The zero-order valence-corrected chi connectivity index (χ0v) is 11.6. The van der Waals surface area contributed by atoms with E-state index in [2.05, 4.69) is 27.6 Å². The van der Waals surface area contributed by atoms with Gasteiger partial charge < -0.3 is 5.32 Å². The van der Waals surface area contributed by atoms with Crippen LogP contribution in [0.25, 0.3) is 0 Å². The maximum Gasteiger partial charge on any atom is 0.225 e. The Balaban J connectivity index is 1.89. The van der Waals surface area contributed by atoms with E-state index < -0.39 is 0 Å². The van der Waals surface area contributed by atoms with Gasteiger partial charge in [-0.05, 0) is 12.1 Å². The van der Waals surface area contributed by atoms with Crippen molar-refractivity contribution in [2.45, 2.75) is 24.0 Å². The van der Waals surface area contributed by atoms with Gasteiger partial charge in [0.1, 0.15) is 5.01 Å². The molecule has 0 bridgehead atoms. The lowest BCUT2D eigenvalue weighted by Crippen LogP contribution is -2.08. The van der Waals surface area contributed by atoms with Gasteiger partial charge in [0.15, 0.2) is 0 Å². The van der Waals surface area contributed by atoms with E-state index in [0.29, 0.717) is 11.6 Å². The number of anilines is 1. The normalized spacial score (nSPS) is 10.3. The number of carbonyl (C=O) groups excluding carboxylic acids is 1. The average Bonchev–Trinajstić information content (AvgIpc) is 2.85. The van der Waals surface area contributed by atoms with E-state index in [9.17, 15) is 4.79 Å². The van der Waals surface area contributed by atoms with E-state index in [0.717, 1.165) is 10.8 Å². The monoisotopic (exact) mass is 279 g/mol. The molecule has 1 heterocycles. The van der Waals surface area contributed by atoms with E-state index in [4.69, 9.17) is 0 Å². The second kappa shape index (κ2) is 6.51. The maximum absolute atomic E-state index is 11.2. The van der Waals surface area contributed by atoms with Crippen LogP contribution in [0.2, 0.25) is 0 Å². The fraction of sp³-hybridized carbons (Fsp3) is 0.250. The van der Waals surface area contributed by atoms with Crippen molar-refractivity contribution in [3.63, 3.8) is 0 Å². The first-order valence-electron chi connectivity index (χ1n) is 5.58. The van der Waals surface area contributed by atoms with Crippen LogP contribution in [-0.4, -0.2) is 16.1 Å². The van der Waals surface area contributed by atoms with Crippen molar-refractivity contribution in [2.24, 2.45) is 0 Å². The van der Waals surface area contributed by atoms with Crippen molar-refractivity contribution < 1.29 is 4.79 Å². The summed E-state index contributed by atoms with van der Waals surface area (Å²) >= 11 is 3.13. The lowest BCUT2D eigenvalue weighted by molar-refractivity contribution is -0.115. The van der Waals surface area contributed by atoms with Gasteiger partial charge in [0.25, 0.3) is 0 Å². The van der Waals surface area contributed by atoms with Gasteiger partial charge in [0.05, 0.1) is 5.75 Å². The first-order valence-corrected chi connectivity index (χ1v) is 7.38. The summed E-state index contributed by atoms with van der Waals surface area (Å²) in [6.45, 7) is 1.81. The van der Waals surface area contributed by atoms with Crippen molar-refractivity contribution in [2.75, 3.05) is 5.32 Å². The van der Waals surface area contributed by atoms with Gasteiger partial charge in [-0.1, -0.05) is 36.5 Å². The number of benzene rings is 1. The van der Waals surface area contributed by atoms with Gasteiger partial charge in [-0.3, -0.25) is 4.79 Å². The van der Waals surface area contributed by atoms with E-state index in [-0.39, 0.29) is 5.91 Å². The van der Waals surface area contributed by atoms with Gasteiger partial charge in [-0.25, -0.2) is 0 Å². The third-order valence-corrected chi connectivity index (χ3v) is 4.18. The summed E-state index contributed by atoms with van der Waals surface area (Å²) in [6, 6.07) is 10.1. The van der Waals surface area contributed by atoms with Crippen LogP contribution >= 0.6 is 23.1 Å². The van der Waals surface area contributed by atoms with E-state index in [1.165, 1.54) is 16.2 Å². The molecule has 0 atom stereocenters. The summed E-state index contributed by atoms with van der Waals surface area (Å²) in [6.07, 6.45) is 0.452. The van der Waals surface area contributed by atoms with Crippen LogP contribution in [0.3, 0.4) is 0 Å². The number of hydrogen-bond acceptors (Lipinski definition) is 5. The molecule has 6 heteroatoms. The number of carbonyl (C=O) groups is 1. The zero-order valence-electron chi connectivity index (χ0n) is 9.92. The Kier molecular flexibility index (Phi) is 4.72. The molecule has 0 aliphatic rings. The Morgan fingerprint density at radius 3 is 2.83 bits per heavy atom. The Labute approximate surface area is 114 Å². The highest BCUT2D eigenvalue weighted by molar-refractivity contribution is 7.98. The van der Waals surface area contributed by atoms with Crippen LogP contribution in [0, 0.1) is 0 Å². The van der Waals surface area contributed by atoms with Gasteiger partial charge in [0.2, 0.25) is 11.0 Å². The molecule has 0 spiro atoms. The lowest BCUT2D eigenvalue weighted by Gasteiger charge is -1.97. The van der Waals surface area contributed by atoms with Crippen LogP contribution < -0.4 is 5.32 Å². The third kappa shape index (κ3) is 3.82. The summed E-state index contributed by atoms with van der Waals surface area (Å²) < 4.78 is 0. The molecule has 0 aliphatic heterocycles. The first-order chi connectivity index (χ1) is 8.78. The number of thioether (sulfide) groups is 1. The Morgan fingerprint density at radius 2 is 2.11 bits per heavy atom. The smallest absolute Gasteiger partial charge is 0.225 e. The molecule has 1 amide bonds. The van der Waals surface area contributed by atoms with E-state index >= 15 is 0 Å². The molecule has 1 aromatic heterocycles. The summed E-state index contributed by atoms with van der Waals surface area (Å²) in [5, 5.41) is 12.2. The Hall–Kier alpha value is -1.40. The molecule has 2 aromatic rings. The molecule has 0 fully saturated rings. The maximum atomic E-state index is 11.2. The second-order valence-electron chi connectivity index (χ2n) is 3.50. The second-order valence-corrected chi connectivity index (χ2v) is 5.62. The number of aromatic nitrogens is 2. The SMILES string of the molecule is CCC(=O)Nc1nnc(CSc2ccccc2)s1. The molecule has 0 radical (unpaired) electrons. The number of nitrogens with zero attached hydrogens (tertiary/aromatic N) is 2. The summed E-state index contributed by atoms with van der Waals surface area (Å²) in [7, 11) is 0. The number of nitrogens with one attached hydrogen (secondary N) is 1. The van der Waals surface area contributed by atoms with Crippen molar-refractivity contribution >= 4 is 34.1 Å². The molecule has 0 saturated heterocycles. The number of hydrogen-bond donors (Lipinski definition) is 1. The molecule has 2 rings (SSSR count). The van der Waals surface area contributed by atoms with Crippen molar-refractivity contribution in [3.05, 3.63) is 35.3 Å². The Morgan fingerprint density at radius 1 is 1.33 bits per heavy atom. The highest BCUT2D eigenvalue weighted by Gasteiger charge is 2.06. The zero-order chi connectivity index (χ0) is 12.8. The van der Waals surface area contributed by atoms with Gasteiger partial charge in [-0.15, -0.1) is 22.0 Å². The molecular weight excluding hydrogens is 266 g/mol. The highest BCUT2D eigenvalue weighted by atomic mass is 32.2. The van der Waals surface area contributed by atoms with Crippen LogP contribution in [0.15, 0.2) is 35.2 Å². The standard InChI is InChI=1S/C12H13N3OS2/c1-2-10(16)13-12-15-14-11(18-12)8-17-9-6-4-3-5-7-9/h3-7H,2,8H2,1H3,(H,13,15,16). The number of amides is 1. The lowest BCUT2D eigenvalue weighted by atomic mass is 10.4. The minimum atomic E-state index is -0.0339. The molecule has 4 nitrogen and oxygen atoms in total. The first kappa shape index (κ1) is 13.0. The van der Waals surface area contributed by atoms with Gasteiger partial charge in [-0.2, -0.15) is 0 Å². The number of rotatable bonds is 5. The predicted molar refractivity (Wildman–Crippen MR) is 74.8 cm³/mol. The molecule has 1 aromatic carbocycles. The fourth-order valence-electron chi connectivity index (χ4n) is 1.23. The van der Waals surface area contributed by atoms with Crippen molar-refractivity contribution in [1.82, 2.24) is 10.2 Å². The predicted octanol–water partition coefficient (Wildman–Crippen LogP) is 3.18. The third-order valence-electron chi connectivity index (χ3n) is 2.14.